The van der Waals surface area contributed by atoms with Crippen molar-refractivity contribution >= 4 is 22.5 Å². The molecular formula is C12H17N3OS. The number of thiazole rings is 1. The number of carbonyl (C=O) groups excluding carboxylic acids is 1. The molecule has 1 aliphatic carbocycles. The number of hydrogen-bond donors (Lipinski definition) is 2. The largest absolute Gasteiger partial charge is 0.325 e. The van der Waals surface area contributed by atoms with Crippen molar-refractivity contribution in [3.63, 3.8) is 0 Å². The topological polar surface area (TPSA) is 54.0 Å². The number of aryl methyl sites for hydroxylation is 1. The quantitative estimate of drug-likeness (QED) is 0.846. The number of amides is 2. The van der Waals surface area contributed by atoms with Gasteiger partial charge in [0.15, 0.2) is 5.13 Å². The summed E-state index contributed by atoms with van der Waals surface area (Å²) in [5, 5.41) is 8.03. The molecule has 2 N–H and O–H groups in total. The lowest BCUT2D eigenvalue weighted by molar-refractivity contribution is 0.255. The SMILES string of the molecule is Cc1csc(NC(=O)NC=C2CCCCC2)n1. The fraction of sp³-hybridized carbons (Fsp3) is 0.500. The van der Waals surface area contributed by atoms with Crippen LogP contribution in [0.2, 0.25) is 0 Å². The second kappa shape index (κ2) is 5.82. The highest BCUT2D eigenvalue weighted by Crippen LogP contribution is 2.21. The first-order valence-corrected chi connectivity index (χ1v) is 6.79. The van der Waals surface area contributed by atoms with Crippen LogP contribution in [0, 0.1) is 6.92 Å². The van der Waals surface area contributed by atoms with E-state index in [0.29, 0.717) is 5.13 Å². The standard InChI is InChI=1S/C12H17N3OS/c1-9-8-17-12(14-9)15-11(16)13-7-10-5-3-2-4-6-10/h7-8H,2-6H2,1H3,(H2,13,14,15,16). The van der Waals surface area contributed by atoms with Crippen molar-refractivity contribution in [3.8, 4) is 0 Å². The second-order valence-electron chi connectivity index (χ2n) is 4.26. The van der Waals surface area contributed by atoms with Gasteiger partial charge in [0, 0.05) is 11.6 Å². The first kappa shape index (κ1) is 12.1. The van der Waals surface area contributed by atoms with Crippen LogP contribution < -0.4 is 10.6 Å². The van der Waals surface area contributed by atoms with Gasteiger partial charge in [-0.05, 0) is 32.6 Å². The maximum Gasteiger partial charge on any atom is 0.325 e. The lowest BCUT2D eigenvalue weighted by Gasteiger charge is -2.13. The first-order chi connectivity index (χ1) is 8.24. The van der Waals surface area contributed by atoms with Gasteiger partial charge in [0.05, 0.1) is 5.69 Å². The molecule has 92 valence electrons. The smallest absolute Gasteiger partial charge is 0.314 e. The summed E-state index contributed by atoms with van der Waals surface area (Å²) >= 11 is 1.44. The molecule has 1 aromatic rings. The van der Waals surface area contributed by atoms with Crippen molar-refractivity contribution in [2.24, 2.45) is 0 Å². The molecule has 1 heterocycles. The van der Waals surface area contributed by atoms with E-state index in [4.69, 9.17) is 0 Å². The summed E-state index contributed by atoms with van der Waals surface area (Å²) in [4.78, 5) is 15.7. The zero-order chi connectivity index (χ0) is 12.1. The van der Waals surface area contributed by atoms with E-state index >= 15 is 0 Å². The minimum absolute atomic E-state index is 0.211. The number of carbonyl (C=O) groups is 1. The number of nitrogens with zero attached hydrogens (tertiary/aromatic N) is 1. The zero-order valence-electron chi connectivity index (χ0n) is 9.95. The van der Waals surface area contributed by atoms with Crippen LogP contribution in [0.5, 0.6) is 0 Å². The molecule has 0 atom stereocenters. The van der Waals surface area contributed by atoms with Crippen LogP contribution >= 0.6 is 11.3 Å². The Morgan fingerprint density at radius 3 is 2.82 bits per heavy atom. The van der Waals surface area contributed by atoms with Crippen LogP contribution in [-0.4, -0.2) is 11.0 Å². The van der Waals surface area contributed by atoms with Crippen LogP contribution in [0.4, 0.5) is 9.93 Å². The van der Waals surface area contributed by atoms with Crippen LogP contribution in [-0.2, 0) is 0 Å². The summed E-state index contributed by atoms with van der Waals surface area (Å²) in [6.45, 7) is 1.91. The van der Waals surface area contributed by atoms with Gasteiger partial charge < -0.3 is 5.32 Å². The van der Waals surface area contributed by atoms with E-state index in [1.807, 2.05) is 18.5 Å². The van der Waals surface area contributed by atoms with E-state index in [9.17, 15) is 4.79 Å². The van der Waals surface area contributed by atoms with E-state index in [1.54, 1.807) is 0 Å². The van der Waals surface area contributed by atoms with E-state index in [0.717, 1.165) is 18.5 Å². The third-order valence-corrected chi connectivity index (χ3v) is 3.62. The van der Waals surface area contributed by atoms with Crippen molar-refractivity contribution in [2.45, 2.75) is 39.0 Å². The monoisotopic (exact) mass is 251 g/mol. The summed E-state index contributed by atoms with van der Waals surface area (Å²) in [6, 6.07) is -0.211. The molecule has 1 aliphatic rings. The highest BCUT2D eigenvalue weighted by Gasteiger charge is 2.06. The third-order valence-electron chi connectivity index (χ3n) is 2.74. The molecule has 4 nitrogen and oxygen atoms in total. The van der Waals surface area contributed by atoms with Gasteiger partial charge in [-0.25, -0.2) is 9.78 Å². The highest BCUT2D eigenvalue weighted by atomic mass is 32.1. The van der Waals surface area contributed by atoms with Crippen molar-refractivity contribution in [2.75, 3.05) is 5.32 Å². The lowest BCUT2D eigenvalue weighted by atomic mass is 9.96. The molecule has 2 rings (SSSR count). The molecule has 2 amide bonds. The van der Waals surface area contributed by atoms with E-state index in [-0.39, 0.29) is 6.03 Å². The average Bonchev–Trinajstić information content (AvgIpc) is 2.73. The molecule has 1 fully saturated rings. The number of allylic oxidation sites excluding steroid dienone is 1. The molecule has 0 aliphatic heterocycles. The second-order valence-corrected chi connectivity index (χ2v) is 5.11. The van der Waals surface area contributed by atoms with Crippen LogP contribution in [0.25, 0.3) is 0 Å². The summed E-state index contributed by atoms with van der Waals surface area (Å²) in [5.41, 5.74) is 2.26. The molecule has 0 spiro atoms. The maximum absolute atomic E-state index is 11.6. The lowest BCUT2D eigenvalue weighted by Crippen LogP contribution is -2.24. The molecule has 1 aromatic heterocycles. The van der Waals surface area contributed by atoms with Crippen LogP contribution in [0.3, 0.4) is 0 Å². The van der Waals surface area contributed by atoms with Crippen molar-refractivity contribution in [3.05, 3.63) is 22.8 Å². The predicted molar refractivity (Wildman–Crippen MR) is 70.2 cm³/mol. The molecular weight excluding hydrogens is 234 g/mol. The minimum Gasteiger partial charge on any atom is -0.314 e. The number of aromatic nitrogens is 1. The van der Waals surface area contributed by atoms with Gasteiger partial charge in [0.1, 0.15) is 0 Å². The van der Waals surface area contributed by atoms with Gasteiger partial charge in [-0.3, -0.25) is 5.32 Å². The molecule has 5 heteroatoms. The Bertz CT molecular complexity index is 417. The Hall–Kier alpha value is -1.36. The predicted octanol–water partition coefficient (Wildman–Crippen LogP) is 3.42. The van der Waals surface area contributed by atoms with Gasteiger partial charge >= 0.3 is 6.03 Å². The van der Waals surface area contributed by atoms with Gasteiger partial charge in [-0.15, -0.1) is 11.3 Å². The number of anilines is 1. The molecule has 0 unspecified atom stereocenters. The van der Waals surface area contributed by atoms with E-state index < -0.39 is 0 Å². The summed E-state index contributed by atoms with van der Waals surface area (Å²) in [6.07, 6.45) is 7.84. The van der Waals surface area contributed by atoms with Crippen LogP contribution in [0.1, 0.15) is 37.8 Å². The summed E-state index contributed by atoms with van der Waals surface area (Å²) in [5.74, 6) is 0. The zero-order valence-corrected chi connectivity index (χ0v) is 10.8. The Morgan fingerprint density at radius 2 is 2.18 bits per heavy atom. The van der Waals surface area contributed by atoms with Gasteiger partial charge in [0.25, 0.3) is 0 Å². The molecule has 0 aromatic carbocycles. The van der Waals surface area contributed by atoms with Gasteiger partial charge in [-0.2, -0.15) is 0 Å². The van der Waals surface area contributed by atoms with Crippen molar-refractivity contribution in [1.29, 1.82) is 0 Å². The number of hydrogen-bond acceptors (Lipinski definition) is 3. The molecule has 1 saturated carbocycles. The maximum atomic E-state index is 11.6. The molecule has 0 radical (unpaired) electrons. The summed E-state index contributed by atoms with van der Waals surface area (Å²) < 4.78 is 0. The van der Waals surface area contributed by atoms with Crippen molar-refractivity contribution in [1.82, 2.24) is 10.3 Å². The van der Waals surface area contributed by atoms with Gasteiger partial charge in [-0.1, -0.05) is 12.0 Å². The number of urea groups is 1. The molecule has 0 bridgehead atoms. The van der Waals surface area contributed by atoms with Crippen molar-refractivity contribution < 1.29 is 4.79 Å². The Morgan fingerprint density at radius 1 is 1.41 bits per heavy atom. The third kappa shape index (κ3) is 3.85. The first-order valence-electron chi connectivity index (χ1n) is 5.91. The Balaban J connectivity index is 1.81. The van der Waals surface area contributed by atoms with Gasteiger partial charge in [0.2, 0.25) is 0 Å². The number of nitrogens with one attached hydrogen (secondary N) is 2. The fourth-order valence-electron chi connectivity index (χ4n) is 1.86. The highest BCUT2D eigenvalue weighted by molar-refractivity contribution is 7.13. The van der Waals surface area contributed by atoms with Crippen LogP contribution in [0.15, 0.2) is 17.2 Å². The average molecular weight is 251 g/mol. The Kier molecular flexibility index (Phi) is 4.14. The minimum atomic E-state index is -0.211. The van der Waals surface area contributed by atoms with E-state index in [1.165, 1.54) is 36.2 Å². The normalized spacial score (nSPS) is 15.5. The number of rotatable bonds is 2. The Labute approximate surface area is 105 Å². The summed E-state index contributed by atoms with van der Waals surface area (Å²) in [7, 11) is 0. The fourth-order valence-corrected chi connectivity index (χ4v) is 2.55. The molecule has 17 heavy (non-hydrogen) atoms. The molecule has 0 saturated heterocycles. The van der Waals surface area contributed by atoms with E-state index in [2.05, 4.69) is 15.6 Å².